The maximum Gasteiger partial charge on any atom is 0.344 e. The highest BCUT2D eigenvalue weighted by atomic mass is 16.5. The third-order valence-electron chi connectivity index (χ3n) is 3.21. The summed E-state index contributed by atoms with van der Waals surface area (Å²) in [5.74, 6) is -0.717. The van der Waals surface area contributed by atoms with Crippen LogP contribution in [0.1, 0.15) is 6.92 Å². The summed E-state index contributed by atoms with van der Waals surface area (Å²) in [7, 11) is 0. The van der Waals surface area contributed by atoms with Crippen LogP contribution in [0.4, 0.5) is 0 Å². The lowest BCUT2D eigenvalue weighted by Gasteiger charge is -2.10. The molecule has 2 aromatic carbocycles. The Labute approximate surface area is 119 Å². The molecule has 0 aliphatic carbocycles. The van der Waals surface area contributed by atoms with Gasteiger partial charge in [-0.05, 0) is 31.2 Å². The summed E-state index contributed by atoms with van der Waals surface area (Å²) in [6.45, 7) is 1.43. The van der Waals surface area contributed by atoms with Crippen molar-refractivity contribution in [3.05, 3.63) is 52.7 Å². The van der Waals surface area contributed by atoms with Crippen molar-refractivity contribution < 1.29 is 19.1 Å². The van der Waals surface area contributed by atoms with Crippen LogP contribution < -0.4 is 10.2 Å². The van der Waals surface area contributed by atoms with Gasteiger partial charge in [-0.25, -0.2) is 4.79 Å². The average Bonchev–Trinajstić information content (AvgIpc) is 2.47. The molecule has 0 spiro atoms. The Morgan fingerprint density at radius 2 is 1.86 bits per heavy atom. The van der Waals surface area contributed by atoms with Gasteiger partial charge >= 0.3 is 5.97 Å². The maximum atomic E-state index is 12.3. The van der Waals surface area contributed by atoms with Crippen LogP contribution in [0.15, 0.2) is 51.7 Å². The summed E-state index contributed by atoms with van der Waals surface area (Å²) >= 11 is 0. The Morgan fingerprint density at radius 3 is 2.62 bits per heavy atom. The first-order valence-electron chi connectivity index (χ1n) is 6.41. The number of carbonyl (C=O) groups is 1. The van der Waals surface area contributed by atoms with E-state index in [9.17, 15) is 9.59 Å². The van der Waals surface area contributed by atoms with Crippen LogP contribution in [-0.2, 0) is 4.79 Å². The van der Waals surface area contributed by atoms with Crippen LogP contribution in [0, 0.1) is 0 Å². The van der Waals surface area contributed by atoms with Crippen LogP contribution in [0.3, 0.4) is 0 Å². The smallest absolute Gasteiger partial charge is 0.344 e. The quantitative estimate of drug-likeness (QED) is 0.748. The zero-order valence-corrected chi connectivity index (χ0v) is 11.2. The Kier molecular flexibility index (Phi) is 3.10. The van der Waals surface area contributed by atoms with Gasteiger partial charge in [-0.15, -0.1) is 0 Å². The van der Waals surface area contributed by atoms with Crippen LogP contribution >= 0.6 is 0 Å². The molecule has 3 aromatic rings. The highest BCUT2D eigenvalue weighted by Gasteiger charge is 2.14. The molecule has 3 rings (SSSR count). The van der Waals surface area contributed by atoms with Crippen LogP contribution in [-0.4, -0.2) is 17.2 Å². The van der Waals surface area contributed by atoms with Crippen molar-refractivity contribution in [3.8, 4) is 5.75 Å². The molecule has 0 aliphatic rings. The Bertz CT molecular complexity index is 894. The van der Waals surface area contributed by atoms with E-state index in [2.05, 4.69) is 0 Å². The molecule has 5 heteroatoms. The van der Waals surface area contributed by atoms with E-state index in [0.29, 0.717) is 27.7 Å². The minimum Gasteiger partial charge on any atom is -0.479 e. The van der Waals surface area contributed by atoms with Gasteiger partial charge in [0.25, 0.3) is 0 Å². The molecule has 0 bridgehead atoms. The van der Waals surface area contributed by atoms with Crippen molar-refractivity contribution in [2.45, 2.75) is 13.0 Å². The molecule has 1 N–H and O–H groups in total. The first-order chi connectivity index (χ1) is 10.1. The molecule has 0 saturated heterocycles. The SMILES string of the molecule is CC(Oc1ccc2c(=O)c3ccccc3oc2c1)C(=O)O. The molecule has 1 heterocycles. The number of fused-ring (bicyclic) bond motifs is 2. The van der Waals surface area contributed by atoms with E-state index in [1.165, 1.54) is 13.0 Å². The summed E-state index contributed by atoms with van der Waals surface area (Å²) in [4.78, 5) is 23.1. The topological polar surface area (TPSA) is 76.7 Å². The number of benzene rings is 2. The van der Waals surface area contributed by atoms with E-state index >= 15 is 0 Å². The molecular formula is C16H12O5. The molecule has 5 nitrogen and oxygen atoms in total. The third-order valence-corrected chi connectivity index (χ3v) is 3.21. The molecule has 106 valence electrons. The van der Waals surface area contributed by atoms with E-state index in [1.807, 2.05) is 0 Å². The summed E-state index contributed by atoms with van der Waals surface area (Å²) in [6, 6.07) is 11.6. The van der Waals surface area contributed by atoms with Crippen molar-refractivity contribution in [1.82, 2.24) is 0 Å². The first-order valence-corrected chi connectivity index (χ1v) is 6.41. The molecule has 0 radical (unpaired) electrons. The van der Waals surface area contributed by atoms with Gasteiger partial charge in [0.1, 0.15) is 16.9 Å². The second-order valence-corrected chi connectivity index (χ2v) is 4.68. The second-order valence-electron chi connectivity index (χ2n) is 4.68. The average molecular weight is 284 g/mol. The van der Waals surface area contributed by atoms with Gasteiger partial charge in [-0.3, -0.25) is 4.79 Å². The minimum atomic E-state index is -1.06. The number of carboxylic acids is 1. The highest BCUT2D eigenvalue weighted by molar-refractivity contribution is 5.90. The van der Waals surface area contributed by atoms with Crippen molar-refractivity contribution in [2.24, 2.45) is 0 Å². The normalized spacial score (nSPS) is 12.4. The van der Waals surface area contributed by atoms with E-state index in [-0.39, 0.29) is 5.43 Å². The van der Waals surface area contributed by atoms with Gasteiger partial charge in [0.15, 0.2) is 6.10 Å². The molecule has 1 atom stereocenters. The Balaban J connectivity index is 2.16. The Hall–Kier alpha value is -2.82. The standard InChI is InChI=1S/C16H12O5/c1-9(16(18)19)20-10-6-7-12-14(8-10)21-13-5-3-2-4-11(13)15(12)17/h2-9H,1H3,(H,18,19). The molecule has 0 aliphatic heterocycles. The number of hydrogen-bond donors (Lipinski definition) is 1. The fourth-order valence-corrected chi connectivity index (χ4v) is 2.11. The lowest BCUT2D eigenvalue weighted by atomic mass is 10.1. The van der Waals surface area contributed by atoms with E-state index < -0.39 is 12.1 Å². The monoisotopic (exact) mass is 284 g/mol. The minimum absolute atomic E-state index is 0.121. The highest BCUT2D eigenvalue weighted by Crippen LogP contribution is 2.23. The number of para-hydroxylation sites is 1. The largest absolute Gasteiger partial charge is 0.479 e. The lowest BCUT2D eigenvalue weighted by Crippen LogP contribution is -2.22. The van der Waals surface area contributed by atoms with Crippen LogP contribution in [0.25, 0.3) is 21.9 Å². The molecular weight excluding hydrogens is 272 g/mol. The Morgan fingerprint density at radius 1 is 1.14 bits per heavy atom. The van der Waals surface area contributed by atoms with Crippen molar-refractivity contribution >= 4 is 27.9 Å². The number of carboxylic acid groups (broad SMARTS) is 1. The van der Waals surface area contributed by atoms with Gasteiger partial charge < -0.3 is 14.3 Å². The zero-order chi connectivity index (χ0) is 15.0. The van der Waals surface area contributed by atoms with Gasteiger partial charge in [0, 0.05) is 6.07 Å². The van der Waals surface area contributed by atoms with Gasteiger partial charge in [0.2, 0.25) is 5.43 Å². The van der Waals surface area contributed by atoms with E-state index in [4.69, 9.17) is 14.3 Å². The maximum absolute atomic E-state index is 12.3. The van der Waals surface area contributed by atoms with Crippen molar-refractivity contribution in [2.75, 3.05) is 0 Å². The first kappa shape index (κ1) is 13.2. The fourth-order valence-electron chi connectivity index (χ4n) is 2.11. The third kappa shape index (κ3) is 2.33. The van der Waals surface area contributed by atoms with Gasteiger partial charge in [0.05, 0.1) is 10.8 Å². The number of aliphatic carboxylic acids is 1. The van der Waals surface area contributed by atoms with Crippen molar-refractivity contribution in [3.63, 3.8) is 0 Å². The fraction of sp³-hybridized carbons (Fsp3) is 0.125. The van der Waals surface area contributed by atoms with Crippen LogP contribution in [0.5, 0.6) is 5.75 Å². The summed E-state index contributed by atoms with van der Waals surface area (Å²) in [5, 5.41) is 9.79. The number of ether oxygens (including phenoxy) is 1. The molecule has 1 aromatic heterocycles. The predicted octanol–water partition coefficient (Wildman–Crippen LogP) is 2.80. The van der Waals surface area contributed by atoms with Crippen LogP contribution in [0.2, 0.25) is 0 Å². The summed E-state index contributed by atoms with van der Waals surface area (Å²) in [6.07, 6.45) is -0.977. The van der Waals surface area contributed by atoms with Gasteiger partial charge in [-0.2, -0.15) is 0 Å². The number of hydrogen-bond acceptors (Lipinski definition) is 4. The van der Waals surface area contributed by atoms with E-state index in [1.54, 1.807) is 36.4 Å². The molecule has 0 saturated carbocycles. The zero-order valence-electron chi connectivity index (χ0n) is 11.2. The molecule has 1 unspecified atom stereocenters. The van der Waals surface area contributed by atoms with Gasteiger partial charge in [-0.1, -0.05) is 12.1 Å². The molecule has 21 heavy (non-hydrogen) atoms. The molecule has 0 fully saturated rings. The summed E-state index contributed by atoms with van der Waals surface area (Å²) < 4.78 is 11.0. The number of rotatable bonds is 3. The van der Waals surface area contributed by atoms with Crippen molar-refractivity contribution in [1.29, 1.82) is 0 Å². The second kappa shape index (κ2) is 4.94. The predicted molar refractivity (Wildman–Crippen MR) is 77.7 cm³/mol. The lowest BCUT2D eigenvalue weighted by molar-refractivity contribution is -0.144. The van der Waals surface area contributed by atoms with E-state index in [0.717, 1.165) is 0 Å². The molecule has 0 amide bonds. The summed E-state index contributed by atoms with van der Waals surface area (Å²) in [5.41, 5.74) is 0.733.